The van der Waals surface area contributed by atoms with Crippen molar-refractivity contribution >= 4 is 23.5 Å². The second-order valence-corrected chi connectivity index (χ2v) is 6.44. The van der Waals surface area contributed by atoms with Crippen LogP contribution in [0.4, 0.5) is 5.88 Å². The van der Waals surface area contributed by atoms with E-state index >= 15 is 0 Å². The van der Waals surface area contributed by atoms with Crippen LogP contribution < -0.4 is 5.32 Å². The minimum atomic E-state index is -0.623. The van der Waals surface area contributed by atoms with Crippen molar-refractivity contribution in [1.82, 2.24) is 5.16 Å². The molecule has 2 aromatic carbocycles. The van der Waals surface area contributed by atoms with E-state index in [4.69, 9.17) is 9.26 Å². The fourth-order valence-electron chi connectivity index (χ4n) is 2.57. The van der Waals surface area contributed by atoms with Gasteiger partial charge in [0.2, 0.25) is 5.88 Å². The van der Waals surface area contributed by atoms with E-state index in [1.165, 1.54) is 0 Å². The molecule has 0 unspecified atom stereocenters. The van der Waals surface area contributed by atoms with Crippen molar-refractivity contribution in [2.45, 2.75) is 19.8 Å². The highest BCUT2D eigenvalue weighted by atomic mass is 16.5. The van der Waals surface area contributed by atoms with Crippen LogP contribution in [0.15, 0.2) is 65.2 Å². The van der Waals surface area contributed by atoms with Gasteiger partial charge in [0.15, 0.2) is 12.4 Å². The first-order chi connectivity index (χ1) is 14.0. The highest BCUT2D eigenvalue weighted by Crippen LogP contribution is 2.22. The second-order valence-electron chi connectivity index (χ2n) is 6.44. The molecule has 29 heavy (non-hydrogen) atoms. The maximum Gasteiger partial charge on any atom is 0.306 e. The van der Waals surface area contributed by atoms with Gasteiger partial charge in [0.1, 0.15) is 5.69 Å². The molecule has 1 amide bonds. The van der Waals surface area contributed by atoms with Crippen LogP contribution >= 0.6 is 0 Å². The number of benzene rings is 2. The highest BCUT2D eigenvalue weighted by molar-refractivity contribution is 5.97. The van der Waals surface area contributed by atoms with Gasteiger partial charge in [0.25, 0.3) is 5.91 Å². The van der Waals surface area contributed by atoms with Gasteiger partial charge in [-0.1, -0.05) is 65.3 Å². The molecule has 7 heteroatoms. The number of nitrogens with zero attached hydrogens (tertiary/aromatic N) is 1. The molecule has 1 heterocycles. The Kier molecular flexibility index (Phi) is 6.52. The summed E-state index contributed by atoms with van der Waals surface area (Å²) in [6.07, 6.45) is -0.0760. The summed E-state index contributed by atoms with van der Waals surface area (Å²) >= 11 is 0. The number of hydrogen-bond acceptors (Lipinski definition) is 6. The van der Waals surface area contributed by atoms with Crippen LogP contribution in [0, 0.1) is 6.92 Å². The lowest BCUT2D eigenvalue weighted by molar-refractivity contribution is -0.147. The number of amides is 1. The van der Waals surface area contributed by atoms with Crippen LogP contribution in [0.3, 0.4) is 0 Å². The summed E-state index contributed by atoms with van der Waals surface area (Å²) in [5, 5.41) is 6.38. The number of hydrogen-bond donors (Lipinski definition) is 1. The Morgan fingerprint density at radius 2 is 1.72 bits per heavy atom. The fraction of sp³-hybridized carbons (Fsp3) is 0.182. The number of aryl methyl sites for hydroxylation is 1. The van der Waals surface area contributed by atoms with E-state index in [2.05, 4.69) is 10.5 Å². The predicted molar refractivity (Wildman–Crippen MR) is 106 cm³/mol. The lowest BCUT2D eigenvalue weighted by atomic mass is 10.1. The molecule has 0 saturated heterocycles. The first kappa shape index (κ1) is 20.0. The molecular weight excluding hydrogens is 372 g/mol. The zero-order valence-corrected chi connectivity index (χ0v) is 15.9. The van der Waals surface area contributed by atoms with Gasteiger partial charge < -0.3 is 9.26 Å². The van der Waals surface area contributed by atoms with Crippen molar-refractivity contribution in [1.29, 1.82) is 0 Å². The zero-order chi connectivity index (χ0) is 20.6. The first-order valence-corrected chi connectivity index (χ1v) is 9.09. The van der Waals surface area contributed by atoms with E-state index in [0.717, 1.165) is 11.1 Å². The molecule has 0 fully saturated rings. The second kappa shape index (κ2) is 9.45. The lowest BCUT2D eigenvalue weighted by Crippen LogP contribution is -2.20. The van der Waals surface area contributed by atoms with Crippen molar-refractivity contribution in [2.75, 3.05) is 11.9 Å². The maximum absolute atomic E-state index is 12.0. The van der Waals surface area contributed by atoms with Gasteiger partial charge in [-0.05, 0) is 6.92 Å². The fourth-order valence-corrected chi connectivity index (χ4v) is 2.57. The molecule has 0 aliphatic rings. The van der Waals surface area contributed by atoms with E-state index in [1.54, 1.807) is 30.3 Å². The maximum atomic E-state index is 12.0. The van der Waals surface area contributed by atoms with Crippen molar-refractivity contribution in [3.05, 3.63) is 71.8 Å². The van der Waals surface area contributed by atoms with Gasteiger partial charge in [-0.15, -0.1) is 0 Å². The summed E-state index contributed by atoms with van der Waals surface area (Å²) < 4.78 is 9.99. The van der Waals surface area contributed by atoms with E-state index in [0.29, 0.717) is 11.3 Å². The third-order valence-electron chi connectivity index (χ3n) is 4.14. The summed E-state index contributed by atoms with van der Waals surface area (Å²) in [5.41, 5.74) is 3.09. The molecule has 0 bridgehead atoms. The van der Waals surface area contributed by atoms with Gasteiger partial charge in [0, 0.05) is 23.6 Å². The normalized spacial score (nSPS) is 10.4. The largest absolute Gasteiger partial charge is 0.456 e. The van der Waals surface area contributed by atoms with Crippen molar-refractivity contribution in [3.63, 3.8) is 0 Å². The van der Waals surface area contributed by atoms with E-state index in [9.17, 15) is 14.4 Å². The molecule has 0 radical (unpaired) electrons. The van der Waals surface area contributed by atoms with Gasteiger partial charge in [-0.25, -0.2) is 0 Å². The molecule has 0 atom stereocenters. The van der Waals surface area contributed by atoms with E-state index < -0.39 is 18.5 Å². The minimum absolute atomic E-state index is 0.0203. The van der Waals surface area contributed by atoms with Crippen LogP contribution in [0.5, 0.6) is 0 Å². The summed E-state index contributed by atoms with van der Waals surface area (Å²) in [7, 11) is 0. The van der Waals surface area contributed by atoms with Crippen LogP contribution in [0.25, 0.3) is 11.3 Å². The summed E-state index contributed by atoms with van der Waals surface area (Å²) in [6, 6.07) is 18.0. The Hall–Kier alpha value is -3.74. The van der Waals surface area contributed by atoms with Crippen LogP contribution in [-0.4, -0.2) is 29.4 Å². The third kappa shape index (κ3) is 5.87. The molecule has 1 N–H and O–H groups in total. The molecule has 0 saturated carbocycles. The number of Topliss-reactive ketones (excluding diaryl/α,β-unsaturated/α-hetero) is 1. The highest BCUT2D eigenvalue weighted by Gasteiger charge is 2.13. The smallest absolute Gasteiger partial charge is 0.306 e. The number of anilines is 1. The van der Waals surface area contributed by atoms with Crippen LogP contribution in [0.1, 0.15) is 28.8 Å². The number of aromatic nitrogens is 1. The monoisotopic (exact) mass is 392 g/mol. The molecule has 0 spiro atoms. The van der Waals surface area contributed by atoms with Gasteiger partial charge >= 0.3 is 5.97 Å². The number of nitrogens with one attached hydrogen (secondary N) is 1. The molecule has 3 rings (SSSR count). The minimum Gasteiger partial charge on any atom is -0.456 e. The van der Waals surface area contributed by atoms with Gasteiger partial charge in [0.05, 0.1) is 6.42 Å². The summed E-state index contributed by atoms with van der Waals surface area (Å²) in [4.78, 5) is 35.6. The number of ether oxygens (including phenoxy) is 1. The topological polar surface area (TPSA) is 98.5 Å². The Morgan fingerprint density at radius 3 is 2.45 bits per heavy atom. The first-order valence-electron chi connectivity index (χ1n) is 9.09. The number of rotatable bonds is 8. The predicted octanol–water partition coefficient (Wildman–Crippen LogP) is 3.79. The average molecular weight is 392 g/mol. The van der Waals surface area contributed by atoms with E-state index in [-0.39, 0.29) is 24.5 Å². The third-order valence-corrected chi connectivity index (χ3v) is 4.14. The quantitative estimate of drug-likeness (QED) is 0.462. The Morgan fingerprint density at radius 1 is 1.00 bits per heavy atom. The number of carbonyl (C=O) groups is 3. The van der Waals surface area contributed by atoms with Crippen molar-refractivity contribution in [3.8, 4) is 11.3 Å². The van der Waals surface area contributed by atoms with Crippen LogP contribution in [-0.2, 0) is 14.3 Å². The molecule has 148 valence electrons. The van der Waals surface area contributed by atoms with Crippen LogP contribution in [0.2, 0.25) is 0 Å². The molecule has 0 aliphatic heterocycles. The van der Waals surface area contributed by atoms with Crippen molar-refractivity contribution in [2.24, 2.45) is 0 Å². The zero-order valence-electron chi connectivity index (χ0n) is 15.9. The number of esters is 1. The number of carbonyl (C=O) groups excluding carboxylic acids is 3. The standard InChI is InChI=1S/C22H20N2O5/c1-15-7-9-16(10-8-15)18-13-21(29-24-18)23-20(26)14-28-22(27)12-11-19(25)17-5-3-2-4-6-17/h2-10,13H,11-12,14H2,1H3,(H,23,26). The Bertz CT molecular complexity index is 994. The summed E-state index contributed by atoms with van der Waals surface area (Å²) in [6.45, 7) is 1.51. The molecule has 1 aromatic heterocycles. The molecule has 7 nitrogen and oxygen atoms in total. The Balaban J connectivity index is 1.42. The SMILES string of the molecule is Cc1ccc(-c2cc(NC(=O)COC(=O)CCC(=O)c3ccccc3)on2)cc1. The molecule has 0 aliphatic carbocycles. The Labute approximate surface area is 167 Å². The molecular formula is C22H20N2O5. The van der Waals surface area contributed by atoms with E-state index in [1.807, 2.05) is 37.3 Å². The van der Waals surface area contributed by atoms with Gasteiger partial charge in [-0.3, -0.25) is 19.7 Å². The lowest BCUT2D eigenvalue weighted by Gasteiger charge is -2.04. The van der Waals surface area contributed by atoms with Crippen molar-refractivity contribution < 1.29 is 23.6 Å². The average Bonchev–Trinajstić information content (AvgIpc) is 3.20. The molecule has 3 aromatic rings. The number of ketones is 1. The van der Waals surface area contributed by atoms with Gasteiger partial charge in [-0.2, -0.15) is 0 Å². The summed E-state index contributed by atoms with van der Waals surface area (Å²) in [5.74, 6) is -1.18.